The molecule has 0 N–H and O–H groups in total. The van der Waals surface area contributed by atoms with Crippen molar-refractivity contribution in [2.45, 2.75) is 26.7 Å². The van der Waals surface area contributed by atoms with E-state index in [0.29, 0.717) is 17.2 Å². The predicted octanol–water partition coefficient (Wildman–Crippen LogP) is 5.83. The molecule has 4 nitrogen and oxygen atoms in total. The summed E-state index contributed by atoms with van der Waals surface area (Å²) in [4.78, 5) is 3.90. The number of pyridine rings is 1. The van der Waals surface area contributed by atoms with Crippen LogP contribution in [0.1, 0.15) is 30.9 Å². The molecule has 2 aromatic carbocycles. The van der Waals surface area contributed by atoms with Gasteiger partial charge in [0.2, 0.25) is 11.7 Å². The molecule has 30 heavy (non-hydrogen) atoms. The number of imidazole rings is 1. The van der Waals surface area contributed by atoms with E-state index in [9.17, 15) is 4.39 Å². The average Bonchev–Trinajstić information content (AvgIpc) is 3.26. The first-order valence-electron chi connectivity index (χ1n) is 10.1. The zero-order valence-corrected chi connectivity index (χ0v) is 17.5. The first-order chi connectivity index (χ1) is 14.4. The highest BCUT2D eigenvalue weighted by molar-refractivity contribution is 6.05. The van der Waals surface area contributed by atoms with Crippen molar-refractivity contribution in [2.24, 2.45) is 7.05 Å². The molecule has 3 aromatic heterocycles. The van der Waals surface area contributed by atoms with Crippen molar-refractivity contribution in [3.05, 3.63) is 78.0 Å². The standard InChI is InChI=1S/C25H23FN3O/c1-15(2)17-7-5-6-8-21(17)29-12-11-28(4)25(29)19-14-22-20(13-16(19)3)18-9-10-23(26)27-24(18)30-22/h5-15H,1-4H3/q+1. The van der Waals surface area contributed by atoms with Crippen LogP contribution in [0, 0.1) is 12.9 Å². The molecular weight excluding hydrogens is 377 g/mol. The third-order valence-corrected chi connectivity index (χ3v) is 5.71. The molecule has 0 radical (unpaired) electrons. The van der Waals surface area contributed by atoms with Crippen molar-refractivity contribution in [3.8, 4) is 17.1 Å². The van der Waals surface area contributed by atoms with E-state index in [0.717, 1.165) is 33.4 Å². The summed E-state index contributed by atoms with van der Waals surface area (Å²) in [5.74, 6) is 0.924. The summed E-state index contributed by atoms with van der Waals surface area (Å²) in [6.45, 7) is 6.51. The lowest BCUT2D eigenvalue weighted by Gasteiger charge is -2.12. The van der Waals surface area contributed by atoms with Gasteiger partial charge in [0, 0.05) is 16.3 Å². The molecule has 0 aliphatic carbocycles. The Morgan fingerprint density at radius 3 is 2.67 bits per heavy atom. The number of hydrogen-bond donors (Lipinski definition) is 0. The molecule has 0 amide bonds. The Morgan fingerprint density at radius 1 is 1.07 bits per heavy atom. The maximum atomic E-state index is 13.6. The molecule has 0 aliphatic heterocycles. The minimum Gasteiger partial charge on any atom is -0.438 e. The van der Waals surface area contributed by atoms with E-state index in [1.807, 2.05) is 13.1 Å². The van der Waals surface area contributed by atoms with Crippen LogP contribution in [0.4, 0.5) is 4.39 Å². The number of aromatic nitrogens is 3. The number of nitrogens with zero attached hydrogens (tertiary/aromatic N) is 3. The lowest BCUT2D eigenvalue weighted by molar-refractivity contribution is -0.659. The summed E-state index contributed by atoms with van der Waals surface area (Å²) in [5, 5.41) is 1.77. The number of benzene rings is 2. The Bertz CT molecular complexity index is 1410. The average molecular weight is 400 g/mol. The van der Waals surface area contributed by atoms with Crippen molar-refractivity contribution < 1.29 is 13.4 Å². The number of halogens is 1. The van der Waals surface area contributed by atoms with Crippen molar-refractivity contribution >= 4 is 22.1 Å². The summed E-state index contributed by atoms with van der Waals surface area (Å²) < 4.78 is 23.8. The molecule has 3 heterocycles. The molecule has 5 rings (SSSR count). The summed E-state index contributed by atoms with van der Waals surface area (Å²) in [6.07, 6.45) is 4.15. The van der Waals surface area contributed by atoms with Gasteiger partial charge < -0.3 is 4.42 Å². The minimum atomic E-state index is -0.538. The second-order valence-corrected chi connectivity index (χ2v) is 8.07. The van der Waals surface area contributed by atoms with E-state index in [-0.39, 0.29) is 0 Å². The monoisotopic (exact) mass is 400 g/mol. The third-order valence-electron chi connectivity index (χ3n) is 5.71. The Kier molecular flexibility index (Phi) is 4.21. The van der Waals surface area contributed by atoms with Crippen LogP contribution in [-0.2, 0) is 7.05 Å². The van der Waals surface area contributed by atoms with E-state index in [1.54, 1.807) is 6.07 Å². The number of furan rings is 1. The van der Waals surface area contributed by atoms with Crippen LogP contribution in [0.5, 0.6) is 0 Å². The fourth-order valence-corrected chi connectivity index (χ4v) is 4.22. The maximum Gasteiger partial charge on any atom is 0.294 e. The third kappa shape index (κ3) is 2.81. The molecule has 0 aliphatic rings. The Labute approximate surface area is 174 Å². The van der Waals surface area contributed by atoms with E-state index in [4.69, 9.17) is 4.42 Å². The second-order valence-electron chi connectivity index (χ2n) is 8.07. The van der Waals surface area contributed by atoms with Gasteiger partial charge in [0.1, 0.15) is 23.7 Å². The van der Waals surface area contributed by atoms with Crippen molar-refractivity contribution in [1.82, 2.24) is 9.55 Å². The van der Waals surface area contributed by atoms with E-state index < -0.39 is 5.95 Å². The molecular formula is C25H23FN3O+. The molecule has 5 aromatic rings. The number of hydrogen-bond acceptors (Lipinski definition) is 2. The summed E-state index contributed by atoms with van der Waals surface area (Å²) in [5.41, 5.74) is 5.66. The van der Waals surface area contributed by atoms with Crippen molar-refractivity contribution in [1.29, 1.82) is 0 Å². The topological polar surface area (TPSA) is 34.8 Å². The van der Waals surface area contributed by atoms with Crippen molar-refractivity contribution in [2.75, 3.05) is 0 Å². The van der Waals surface area contributed by atoms with Gasteiger partial charge in [-0.3, -0.25) is 0 Å². The molecule has 150 valence electrons. The van der Waals surface area contributed by atoms with Crippen LogP contribution < -0.4 is 4.57 Å². The Morgan fingerprint density at radius 2 is 1.87 bits per heavy atom. The van der Waals surface area contributed by atoms with Crippen LogP contribution in [-0.4, -0.2) is 9.55 Å². The molecule has 0 fully saturated rings. The molecule has 0 saturated carbocycles. The van der Waals surface area contributed by atoms with Crippen LogP contribution in [0.3, 0.4) is 0 Å². The molecule has 0 unspecified atom stereocenters. The SMILES string of the molecule is Cc1cc2c(cc1-c1n(-c3ccccc3C(C)C)cc[n+]1C)oc1nc(F)ccc12. The molecule has 5 heteroatoms. The summed E-state index contributed by atoms with van der Waals surface area (Å²) in [7, 11) is 2.04. The highest BCUT2D eigenvalue weighted by Crippen LogP contribution is 2.34. The van der Waals surface area contributed by atoms with Gasteiger partial charge in [-0.1, -0.05) is 32.0 Å². The highest BCUT2D eigenvalue weighted by Gasteiger charge is 2.24. The zero-order chi connectivity index (χ0) is 21.0. The predicted molar refractivity (Wildman–Crippen MR) is 116 cm³/mol. The quantitative estimate of drug-likeness (QED) is 0.282. The first kappa shape index (κ1) is 18.6. The van der Waals surface area contributed by atoms with E-state index >= 15 is 0 Å². The normalized spacial score (nSPS) is 11.8. The number of fused-ring (bicyclic) bond motifs is 3. The molecule has 0 saturated heterocycles. The molecule has 0 atom stereocenters. The van der Waals surface area contributed by atoms with Crippen LogP contribution in [0.15, 0.2) is 65.3 Å². The second kappa shape index (κ2) is 6.80. The van der Waals surface area contributed by atoms with Gasteiger partial charge in [-0.25, -0.2) is 4.57 Å². The summed E-state index contributed by atoms with van der Waals surface area (Å²) >= 11 is 0. The number of rotatable bonds is 3. The van der Waals surface area contributed by atoms with Crippen molar-refractivity contribution in [3.63, 3.8) is 0 Å². The molecule has 0 bridgehead atoms. The largest absolute Gasteiger partial charge is 0.438 e. The van der Waals surface area contributed by atoms with Gasteiger partial charge in [-0.15, -0.1) is 0 Å². The number of para-hydroxylation sites is 1. The fraction of sp³-hybridized carbons (Fsp3) is 0.200. The van der Waals surface area contributed by atoms with E-state index in [1.165, 1.54) is 11.6 Å². The van der Waals surface area contributed by atoms with Gasteiger partial charge in [0.25, 0.3) is 5.82 Å². The van der Waals surface area contributed by atoms with Gasteiger partial charge >= 0.3 is 0 Å². The fourth-order valence-electron chi connectivity index (χ4n) is 4.22. The van der Waals surface area contributed by atoms with Gasteiger partial charge in [-0.05, 0) is 48.7 Å². The first-order valence-corrected chi connectivity index (χ1v) is 10.1. The number of aryl methyl sites for hydroxylation is 2. The van der Waals surface area contributed by atoms with Crippen LogP contribution in [0.25, 0.3) is 39.1 Å². The van der Waals surface area contributed by atoms with E-state index in [2.05, 4.69) is 77.6 Å². The van der Waals surface area contributed by atoms with Gasteiger partial charge in [-0.2, -0.15) is 13.9 Å². The molecule has 0 spiro atoms. The van der Waals surface area contributed by atoms with Gasteiger partial charge in [0.15, 0.2) is 0 Å². The zero-order valence-electron chi connectivity index (χ0n) is 17.5. The Balaban J connectivity index is 1.77. The lowest BCUT2D eigenvalue weighted by Crippen LogP contribution is -2.29. The minimum absolute atomic E-state index is 0.325. The Hall–Kier alpha value is -3.47. The smallest absolute Gasteiger partial charge is 0.294 e. The highest BCUT2D eigenvalue weighted by atomic mass is 19.1. The van der Waals surface area contributed by atoms with Gasteiger partial charge in [0.05, 0.1) is 12.6 Å². The maximum absolute atomic E-state index is 13.6. The summed E-state index contributed by atoms with van der Waals surface area (Å²) in [6, 6.07) is 15.7. The lowest BCUT2D eigenvalue weighted by atomic mass is 10.00. The van der Waals surface area contributed by atoms with Crippen LogP contribution >= 0.6 is 0 Å². The van der Waals surface area contributed by atoms with Crippen LogP contribution in [0.2, 0.25) is 0 Å².